The molecule has 0 bridgehead atoms. The van der Waals surface area contributed by atoms with E-state index in [0.717, 1.165) is 19.4 Å². The maximum atomic E-state index is 13.5. The van der Waals surface area contributed by atoms with Crippen LogP contribution in [0.5, 0.6) is 0 Å². The molecule has 1 atom stereocenters. The van der Waals surface area contributed by atoms with Crippen molar-refractivity contribution in [3.8, 4) is 0 Å². The third kappa shape index (κ3) is 2.58. The Morgan fingerprint density at radius 1 is 1.47 bits per heavy atom. The zero-order valence-corrected chi connectivity index (χ0v) is 9.99. The number of anilines is 1. The summed E-state index contributed by atoms with van der Waals surface area (Å²) in [5.74, 6) is -0.393. The number of hydrogen-bond donors (Lipinski definition) is 2. The first kappa shape index (κ1) is 12.3. The normalized spacial score (nSPS) is 25.1. The van der Waals surface area contributed by atoms with Crippen LogP contribution in [0.3, 0.4) is 0 Å². The average Bonchev–Trinajstić information content (AvgIpc) is 2.27. The van der Waals surface area contributed by atoms with Crippen molar-refractivity contribution >= 4 is 5.69 Å². The topological polar surface area (TPSA) is 43.7 Å². The molecule has 0 spiro atoms. The van der Waals surface area contributed by atoms with Crippen molar-refractivity contribution < 1.29 is 14.6 Å². The molecule has 1 aromatic carbocycles. The SMILES string of the molecule is CC1(O)CCCN(c2cccc(F)c2CO)C1. The van der Waals surface area contributed by atoms with Gasteiger partial charge in [-0.3, -0.25) is 0 Å². The number of hydrogen-bond acceptors (Lipinski definition) is 3. The fourth-order valence-electron chi connectivity index (χ4n) is 2.43. The summed E-state index contributed by atoms with van der Waals surface area (Å²) in [5, 5.41) is 19.3. The Hall–Kier alpha value is -1.13. The van der Waals surface area contributed by atoms with Gasteiger partial charge in [-0.05, 0) is 31.9 Å². The lowest BCUT2D eigenvalue weighted by Gasteiger charge is -2.39. The van der Waals surface area contributed by atoms with E-state index in [1.807, 2.05) is 4.90 Å². The summed E-state index contributed by atoms with van der Waals surface area (Å²) in [4.78, 5) is 1.94. The van der Waals surface area contributed by atoms with E-state index in [9.17, 15) is 14.6 Å². The van der Waals surface area contributed by atoms with Gasteiger partial charge in [-0.25, -0.2) is 4.39 Å². The summed E-state index contributed by atoms with van der Waals surface area (Å²) in [6.07, 6.45) is 1.63. The van der Waals surface area contributed by atoms with Crippen LogP contribution in [0.25, 0.3) is 0 Å². The molecule has 1 aliphatic rings. The van der Waals surface area contributed by atoms with Gasteiger partial charge in [-0.1, -0.05) is 6.07 Å². The van der Waals surface area contributed by atoms with E-state index >= 15 is 0 Å². The Labute approximate surface area is 100 Å². The number of aliphatic hydroxyl groups is 2. The zero-order valence-electron chi connectivity index (χ0n) is 9.99. The summed E-state index contributed by atoms with van der Waals surface area (Å²) in [6, 6.07) is 4.76. The molecule has 2 N–H and O–H groups in total. The van der Waals surface area contributed by atoms with E-state index in [2.05, 4.69) is 0 Å². The lowest BCUT2D eigenvalue weighted by atomic mass is 9.94. The third-order valence-electron chi connectivity index (χ3n) is 3.27. The zero-order chi connectivity index (χ0) is 12.5. The second-order valence-corrected chi connectivity index (χ2v) is 4.92. The Kier molecular flexibility index (Phi) is 3.35. The molecule has 4 heteroatoms. The molecule has 17 heavy (non-hydrogen) atoms. The van der Waals surface area contributed by atoms with Crippen molar-refractivity contribution in [2.45, 2.75) is 32.0 Å². The highest BCUT2D eigenvalue weighted by Gasteiger charge is 2.29. The standard InChI is InChI=1S/C13H18FNO2/c1-13(17)6-3-7-15(9-13)12-5-2-4-11(14)10(12)8-16/h2,4-5,16-17H,3,6-9H2,1H3. The summed E-state index contributed by atoms with van der Waals surface area (Å²) in [6.45, 7) is 2.73. The predicted octanol–water partition coefficient (Wildman–Crippen LogP) is 1.67. The van der Waals surface area contributed by atoms with Crippen molar-refractivity contribution in [3.63, 3.8) is 0 Å². The van der Waals surface area contributed by atoms with Gasteiger partial charge in [0.1, 0.15) is 5.82 Å². The molecule has 1 heterocycles. The Morgan fingerprint density at radius 2 is 2.24 bits per heavy atom. The summed E-state index contributed by atoms with van der Waals surface area (Å²) >= 11 is 0. The molecule has 1 unspecified atom stereocenters. The highest BCUT2D eigenvalue weighted by Crippen LogP contribution is 2.29. The van der Waals surface area contributed by atoms with E-state index < -0.39 is 11.4 Å². The average molecular weight is 239 g/mol. The van der Waals surface area contributed by atoms with Crippen LogP contribution in [0.1, 0.15) is 25.3 Å². The third-order valence-corrected chi connectivity index (χ3v) is 3.27. The number of rotatable bonds is 2. The first-order chi connectivity index (χ1) is 8.03. The van der Waals surface area contributed by atoms with Gasteiger partial charge in [-0.15, -0.1) is 0 Å². The van der Waals surface area contributed by atoms with Gasteiger partial charge >= 0.3 is 0 Å². The molecule has 1 aliphatic heterocycles. The fraction of sp³-hybridized carbons (Fsp3) is 0.538. The minimum atomic E-state index is -0.739. The lowest BCUT2D eigenvalue weighted by molar-refractivity contribution is 0.0448. The number of β-amino-alcohol motifs (C(OH)–C–C–N with tert-alkyl or cyclic N) is 1. The molecule has 0 aromatic heterocycles. The van der Waals surface area contributed by atoms with Crippen LogP contribution in [0, 0.1) is 5.82 Å². The largest absolute Gasteiger partial charge is 0.391 e. The van der Waals surface area contributed by atoms with E-state index in [0.29, 0.717) is 17.8 Å². The molecule has 1 aromatic rings. The Morgan fingerprint density at radius 3 is 2.88 bits per heavy atom. The van der Waals surface area contributed by atoms with Crippen molar-refractivity contribution in [1.82, 2.24) is 0 Å². The summed E-state index contributed by atoms with van der Waals surface area (Å²) < 4.78 is 13.5. The minimum Gasteiger partial charge on any atom is -0.391 e. The minimum absolute atomic E-state index is 0.310. The molecule has 1 saturated heterocycles. The number of benzene rings is 1. The van der Waals surface area contributed by atoms with E-state index in [-0.39, 0.29) is 6.61 Å². The quantitative estimate of drug-likeness (QED) is 0.825. The van der Waals surface area contributed by atoms with Crippen LogP contribution >= 0.6 is 0 Å². The number of nitrogens with zero attached hydrogens (tertiary/aromatic N) is 1. The number of piperidine rings is 1. The predicted molar refractivity (Wildman–Crippen MR) is 64.4 cm³/mol. The molecule has 0 amide bonds. The van der Waals surface area contributed by atoms with E-state index in [1.165, 1.54) is 6.07 Å². The highest BCUT2D eigenvalue weighted by atomic mass is 19.1. The van der Waals surface area contributed by atoms with E-state index in [1.54, 1.807) is 19.1 Å². The molecule has 0 radical (unpaired) electrons. The lowest BCUT2D eigenvalue weighted by Crippen LogP contribution is -2.46. The smallest absolute Gasteiger partial charge is 0.130 e. The van der Waals surface area contributed by atoms with Gasteiger partial charge in [0.05, 0.1) is 12.2 Å². The fourth-order valence-corrected chi connectivity index (χ4v) is 2.43. The van der Waals surface area contributed by atoms with Gasteiger partial charge in [0.15, 0.2) is 0 Å². The second kappa shape index (κ2) is 4.63. The summed E-state index contributed by atoms with van der Waals surface area (Å²) in [7, 11) is 0. The molecule has 0 saturated carbocycles. The van der Waals surface area contributed by atoms with Crippen molar-refractivity contribution in [1.29, 1.82) is 0 Å². The van der Waals surface area contributed by atoms with Crippen LogP contribution in [0.2, 0.25) is 0 Å². The van der Waals surface area contributed by atoms with Crippen LogP contribution in [0.4, 0.5) is 10.1 Å². The van der Waals surface area contributed by atoms with Gasteiger partial charge < -0.3 is 15.1 Å². The number of aliphatic hydroxyl groups excluding tert-OH is 1. The van der Waals surface area contributed by atoms with Gasteiger partial charge in [0, 0.05) is 24.3 Å². The molecule has 2 rings (SSSR count). The maximum Gasteiger partial charge on any atom is 0.130 e. The Balaban J connectivity index is 2.30. The maximum absolute atomic E-state index is 13.5. The highest BCUT2D eigenvalue weighted by molar-refractivity contribution is 5.54. The van der Waals surface area contributed by atoms with Crippen LogP contribution in [-0.2, 0) is 6.61 Å². The van der Waals surface area contributed by atoms with Crippen LogP contribution in [0.15, 0.2) is 18.2 Å². The van der Waals surface area contributed by atoms with Crippen LogP contribution in [-0.4, -0.2) is 28.9 Å². The first-order valence-electron chi connectivity index (χ1n) is 5.89. The molecular weight excluding hydrogens is 221 g/mol. The second-order valence-electron chi connectivity index (χ2n) is 4.92. The molecule has 1 fully saturated rings. The Bertz CT molecular complexity index is 406. The van der Waals surface area contributed by atoms with Crippen molar-refractivity contribution in [2.75, 3.05) is 18.0 Å². The van der Waals surface area contributed by atoms with Crippen LogP contribution < -0.4 is 4.90 Å². The van der Waals surface area contributed by atoms with Crippen molar-refractivity contribution in [3.05, 3.63) is 29.6 Å². The van der Waals surface area contributed by atoms with Gasteiger partial charge in [0.25, 0.3) is 0 Å². The van der Waals surface area contributed by atoms with Gasteiger partial charge in [-0.2, -0.15) is 0 Å². The molecular formula is C13H18FNO2. The first-order valence-corrected chi connectivity index (χ1v) is 5.89. The summed E-state index contributed by atoms with van der Waals surface area (Å²) in [5.41, 5.74) is 0.259. The molecule has 94 valence electrons. The molecule has 0 aliphatic carbocycles. The number of halogens is 1. The van der Waals surface area contributed by atoms with Gasteiger partial charge in [0.2, 0.25) is 0 Å². The van der Waals surface area contributed by atoms with E-state index in [4.69, 9.17) is 0 Å². The monoisotopic (exact) mass is 239 g/mol. The van der Waals surface area contributed by atoms with Crippen molar-refractivity contribution in [2.24, 2.45) is 0 Å². The molecule has 3 nitrogen and oxygen atoms in total.